The fraction of sp³-hybridized carbons (Fsp3) is 0.0667. The highest BCUT2D eigenvalue weighted by Crippen LogP contribution is 2.21. The number of hydrogen-bond donors (Lipinski definition) is 1. The van der Waals surface area contributed by atoms with E-state index < -0.39 is 5.82 Å². The van der Waals surface area contributed by atoms with Crippen molar-refractivity contribution in [3.05, 3.63) is 54.9 Å². The SMILES string of the molecule is COc1cc(-c2ccnc(Nc3cncc(F)c3)n2)ccn1. The van der Waals surface area contributed by atoms with Crippen molar-refractivity contribution in [1.82, 2.24) is 19.9 Å². The number of nitrogens with one attached hydrogen (secondary N) is 1. The molecule has 0 aromatic carbocycles. The van der Waals surface area contributed by atoms with Crippen LogP contribution in [0.15, 0.2) is 49.1 Å². The lowest BCUT2D eigenvalue weighted by Gasteiger charge is -2.07. The molecule has 3 aromatic heterocycles. The predicted octanol–water partition coefficient (Wildman–Crippen LogP) is 2.82. The fourth-order valence-corrected chi connectivity index (χ4v) is 1.87. The molecule has 0 atom stereocenters. The summed E-state index contributed by atoms with van der Waals surface area (Å²) in [5, 5.41) is 2.91. The quantitative estimate of drug-likeness (QED) is 0.798. The number of methoxy groups -OCH3 is 1. The molecule has 3 heterocycles. The highest BCUT2D eigenvalue weighted by atomic mass is 19.1. The van der Waals surface area contributed by atoms with Crippen molar-refractivity contribution in [3.63, 3.8) is 0 Å². The van der Waals surface area contributed by atoms with Crippen LogP contribution in [0.5, 0.6) is 5.88 Å². The van der Waals surface area contributed by atoms with Gasteiger partial charge >= 0.3 is 0 Å². The Morgan fingerprint density at radius 1 is 1.09 bits per heavy atom. The van der Waals surface area contributed by atoms with Gasteiger partial charge in [0.25, 0.3) is 0 Å². The van der Waals surface area contributed by atoms with Crippen LogP contribution >= 0.6 is 0 Å². The van der Waals surface area contributed by atoms with Crippen molar-refractivity contribution in [3.8, 4) is 17.1 Å². The van der Waals surface area contributed by atoms with Crippen LogP contribution in [-0.4, -0.2) is 27.0 Å². The van der Waals surface area contributed by atoms with E-state index in [-0.39, 0.29) is 0 Å². The minimum absolute atomic E-state index is 0.348. The lowest BCUT2D eigenvalue weighted by atomic mass is 10.2. The molecule has 0 aliphatic carbocycles. The predicted molar refractivity (Wildman–Crippen MR) is 79.3 cm³/mol. The summed E-state index contributed by atoms with van der Waals surface area (Å²) in [5.41, 5.74) is 2.02. The van der Waals surface area contributed by atoms with Gasteiger partial charge in [-0.05, 0) is 12.1 Å². The van der Waals surface area contributed by atoms with Crippen LogP contribution in [-0.2, 0) is 0 Å². The zero-order chi connectivity index (χ0) is 15.4. The number of hydrogen-bond acceptors (Lipinski definition) is 6. The third-order valence-corrected chi connectivity index (χ3v) is 2.86. The van der Waals surface area contributed by atoms with Crippen molar-refractivity contribution in [2.45, 2.75) is 0 Å². The van der Waals surface area contributed by atoms with E-state index in [4.69, 9.17) is 4.74 Å². The summed E-state index contributed by atoms with van der Waals surface area (Å²) in [5.74, 6) is 0.417. The average molecular weight is 297 g/mol. The first-order valence-corrected chi connectivity index (χ1v) is 6.45. The van der Waals surface area contributed by atoms with Gasteiger partial charge in [0.1, 0.15) is 5.82 Å². The second-order valence-electron chi connectivity index (χ2n) is 4.37. The minimum atomic E-state index is -0.431. The van der Waals surface area contributed by atoms with Crippen LogP contribution in [0, 0.1) is 5.82 Å². The standard InChI is InChI=1S/C15H12FN5O/c1-22-14-6-10(2-4-18-14)13-3-5-19-15(21-13)20-12-7-11(16)8-17-9-12/h2-9H,1H3,(H,19,20,21). The molecule has 6 nitrogen and oxygen atoms in total. The number of ether oxygens (including phenoxy) is 1. The lowest BCUT2D eigenvalue weighted by molar-refractivity contribution is 0.398. The van der Waals surface area contributed by atoms with E-state index in [1.54, 1.807) is 31.6 Å². The van der Waals surface area contributed by atoms with Gasteiger partial charge in [0.05, 0.1) is 30.9 Å². The van der Waals surface area contributed by atoms with E-state index in [2.05, 4.69) is 25.3 Å². The average Bonchev–Trinajstić information content (AvgIpc) is 2.55. The third-order valence-electron chi connectivity index (χ3n) is 2.86. The van der Waals surface area contributed by atoms with E-state index in [0.717, 1.165) is 11.8 Å². The summed E-state index contributed by atoms with van der Waals surface area (Å²) < 4.78 is 18.2. The molecule has 0 unspecified atom stereocenters. The number of aromatic nitrogens is 4. The van der Waals surface area contributed by atoms with Crippen molar-refractivity contribution in [2.75, 3.05) is 12.4 Å². The highest BCUT2D eigenvalue weighted by molar-refractivity contribution is 5.62. The Hall–Kier alpha value is -3.09. The molecule has 0 amide bonds. The van der Waals surface area contributed by atoms with Gasteiger partial charge in [-0.2, -0.15) is 0 Å². The van der Waals surface area contributed by atoms with Gasteiger partial charge in [-0.15, -0.1) is 0 Å². The highest BCUT2D eigenvalue weighted by Gasteiger charge is 2.05. The number of anilines is 2. The van der Waals surface area contributed by atoms with Crippen LogP contribution in [0.25, 0.3) is 11.3 Å². The molecule has 0 spiro atoms. The largest absolute Gasteiger partial charge is 0.481 e. The number of pyridine rings is 2. The Kier molecular flexibility index (Phi) is 3.86. The molecule has 110 valence electrons. The maximum Gasteiger partial charge on any atom is 0.227 e. The Morgan fingerprint density at radius 3 is 2.77 bits per heavy atom. The molecule has 7 heteroatoms. The van der Waals surface area contributed by atoms with Crippen molar-refractivity contribution in [1.29, 1.82) is 0 Å². The number of halogens is 1. The van der Waals surface area contributed by atoms with Gasteiger partial charge in [0.2, 0.25) is 11.8 Å². The topological polar surface area (TPSA) is 72.8 Å². The molecule has 1 N–H and O–H groups in total. The van der Waals surface area contributed by atoms with E-state index >= 15 is 0 Å². The molecule has 0 saturated carbocycles. The number of rotatable bonds is 4. The summed E-state index contributed by atoms with van der Waals surface area (Å²) in [6, 6.07) is 6.68. The molecule has 0 fully saturated rings. The first kappa shape index (κ1) is 13.9. The van der Waals surface area contributed by atoms with E-state index in [1.807, 2.05) is 6.07 Å². The second kappa shape index (κ2) is 6.13. The maximum atomic E-state index is 13.1. The molecule has 0 aliphatic rings. The van der Waals surface area contributed by atoms with Gasteiger partial charge in [0, 0.05) is 30.1 Å². The first-order chi connectivity index (χ1) is 10.7. The van der Waals surface area contributed by atoms with Crippen LogP contribution < -0.4 is 10.1 Å². The Bertz CT molecular complexity index is 796. The van der Waals surface area contributed by atoms with Gasteiger partial charge < -0.3 is 10.1 Å². The normalized spacial score (nSPS) is 10.3. The molecule has 0 saturated heterocycles. The minimum Gasteiger partial charge on any atom is -0.481 e. The molecule has 0 radical (unpaired) electrons. The number of nitrogens with zero attached hydrogens (tertiary/aromatic N) is 4. The molecule has 0 aliphatic heterocycles. The lowest BCUT2D eigenvalue weighted by Crippen LogP contribution is -1.99. The smallest absolute Gasteiger partial charge is 0.227 e. The van der Waals surface area contributed by atoms with Crippen LogP contribution in [0.4, 0.5) is 16.0 Å². The van der Waals surface area contributed by atoms with Crippen molar-refractivity contribution in [2.24, 2.45) is 0 Å². The van der Waals surface area contributed by atoms with Gasteiger partial charge in [-0.25, -0.2) is 19.3 Å². The zero-order valence-corrected chi connectivity index (χ0v) is 11.7. The third kappa shape index (κ3) is 3.14. The summed E-state index contributed by atoms with van der Waals surface area (Å²) in [4.78, 5) is 16.3. The van der Waals surface area contributed by atoms with Crippen LogP contribution in [0.1, 0.15) is 0 Å². The summed E-state index contributed by atoms with van der Waals surface area (Å²) in [6.07, 6.45) is 5.88. The monoisotopic (exact) mass is 297 g/mol. The van der Waals surface area contributed by atoms with E-state index in [1.165, 1.54) is 12.3 Å². The Balaban J connectivity index is 1.89. The molecular weight excluding hydrogens is 285 g/mol. The fourth-order valence-electron chi connectivity index (χ4n) is 1.87. The van der Waals surface area contributed by atoms with Crippen molar-refractivity contribution < 1.29 is 9.13 Å². The molecule has 3 aromatic rings. The summed E-state index contributed by atoms with van der Waals surface area (Å²) in [6.45, 7) is 0. The van der Waals surface area contributed by atoms with Crippen LogP contribution in [0.3, 0.4) is 0 Å². The van der Waals surface area contributed by atoms with Gasteiger partial charge in [-0.3, -0.25) is 4.98 Å². The molecule has 0 bridgehead atoms. The van der Waals surface area contributed by atoms with E-state index in [9.17, 15) is 4.39 Å². The summed E-state index contributed by atoms with van der Waals surface area (Å²) >= 11 is 0. The second-order valence-corrected chi connectivity index (χ2v) is 4.37. The van der Waals surface area contributed by atoms with Crippen molar-refractivity contribution >= 4 is 11.6 Å². The molecule has 22 heavy (non-hydrogen) atoms. The molecular formula is C15H12FN5O. The zero-order valence-electron chi connectivity index (χ0n) is 11.7. The first-order valence-electron chi connectivity index (χ1n) is 6.45. The van der Waals surface area contributed by atoms with Crippen LogP contribution in [0.2, 0.25) is 0 Å². The summed E-state index contributed by atoms with van der Waals surface area (Å²) in [7, 11) is 1.55. The Labute approximate surface area is 126 Å². The Morgan fingerprint density at radius 2 is 1.95 bits per heavy atom. The van der Waals surface area contributed by atoms with Gasteiger partial charge in [-0.1, -0.05) is 0 Å². The van der Waals surface area contributed by atoms with Gasteiger partial charge in [0.15, 0.2) is 0 Å². The maximum absolute atomic E-state index is 13.1. The van der Waals surface area contributed by atoms with E-state index in [0.29, 0.717) is 23.2 Å². The molecule has 3 rings (SSSR count).